The van der Waals surface area contributed by atoms with E-state index in [1.807, 2.05) is 64.1 Å². The molecule has 1 N–H and O–H groups in total. The first-order valence-electron chi connectivity index (χ1n) is 9.41. The van der Waals surface area contributed by atoms with E-state index < -0.39 is 0 Å². The number of benzene rings is 1. The summed E-state index contributed by atoms with van der Waals surface area (Å²) in [5.41, 5.74) is 4.55. The first-order chi connectivity index (χ1) is 14.3. The van der Waals surface area contributed by atoms with Gasteiger partial charge in [0.25, 0.3) is 5.91 Å². The van der Waals surface area contributed by atoms with Crippen LogP contribution in [0, 0.1) is 0 Å². The largest absolute Gasteiger partial charge is 0.348 e. The van der Waals surface area contributed by atoms with E-state index in [2.05, 4.69) is 15.0 Å². The number of aromatic nitrogens is 5. The van der Waals surface area contributed by atoms with Gasteiger partial charge in [-0.2, -0.15) is 5.10 Å². The Morgan fingerprint density at radius 2 is 2.07 bits per heavy atom. The molecule has 1 aliphatic heterocycles. The highest BCUT2D eigenvalue weighted by Gasteiger charge is 2.37. The van der Waals surface area contributed by atoms with E-state index in [-0.39, 0.29) is 11.9 Å². The molecule has 4 aromatic heterocycles. The van der Waals surface area contributed by atoms with Crippen LogP contribution < -0.4 is 0 Å². The monoisotopic (exact) mass is 400 g/mol. The molecule has 1 amide bonds. The number of amides is 1. The van der Waals surface area contributed by atoms with Crippen molar-refractivity contribution >= 4 is 33.0 Å². The highest BCUT2D eigenvalue weighted by atomic mass is 32.1. The Hall–Kier alpha value is -3.52. The molecule has 7 nitrogen and oxygen atoms in total. The van der Waals surface area contributed by atoms with Crippen LogP contribution in [0.15, 0.2) is 61.1 Å². The smallest absolute Gasteiger partial charge is 0.283 e. The van der Waals surface area contributed by atoms with Gasteiger partial charge in [0.15, 0.2) is 5.01 Å². The van der Waals surface area contributed by atoms with Crippen molar-refractivity contribution < 1.29 is 4.79 Å². The number of pyridine rings is 1. The summed E-state index contributed by atoms with van der Waals surface area (Å²) in [5.74, 6) is -0.0816. The normalized spacial score (nSPS) is 16.4. The van der Waals surface area contributed by atoms with Gasteiger partial charge >= 0.3 is 0 Å². The average molecular weight is 400 g/mol. The summed E-state index contributed by atoms with van der Waals surface area (Å²) >= 11 is 1.43. The number of hydrogen-bond donors (Lipinski definition) is 1. The first kappa shape index (κ1) is 16.4. The molecule has 5 heterocycles. The van der Waals surface area contributed by atoms with Gasteiger partial charge in [-0.25, -0.2) is 14.5 Å². The van der Waals surface area contributed by atoms with E-state index in [4.69, 9.17) is 5.10 Å². The van der Waals surface area contributed by atoms with Gasteiger partial charge in [0.1, 0.15) is 6.04 Å². The minimum atomic E-state index is -0.343. The number of fused-ring (bicyclic) bond motifs is 3. The summed E-state index contributed by atoms with van der Waals surface area (Å²) in [6.45, 7) is 0.586. The number of hydrogen-bond acceptors (Lipinski definition) is 5. The zero-order valence-corrected chi connectivity index (χ0v) is 16.1. The third-order valence-electron chi connectivity index (χ3n) is 5.33. The molecule has 0 saturated carbocycles. The van der Waals surface area contributed by atoms with Crippen LogP contribution in [0.2, 0.25) is 0 Å². The maximum atomic E-state index is 13.5. The van der Waals surface area contributed by atoms with Gasteiger partial charge < -0.3 is 9.88 Å². The summed E-state index contributed by atoms with van der Waals surface area (Å²) in [7, 11) is 0. The lowest BCUT2D eigenvalue weighted by Gasteiger charge is -2.33. The van der Waals surface area contributed by atoms with Crippen molar-refractivity contribution in [1.82, 2.24) is 29.5 Å². The second-order valence-corrected chi connectivity index (χ2v) is 8.07. The van der Waals surface area contributed by atoms with Crippen LogP contribution in [-0.4, -0.2) is 41.9 Å². The van der Waals surface area contributed by atoms with Gasteiger partial charge in [0.05, 0.1) is 33.4 Å². The molecule has 1 unspecified atom stereocenters. The van der Waals surface area contributed by atoms with E-state index >= 15 is 0 Å². The van der Waals surface area contributed by atoms with Gasteiger partial charge in [-0.05, 0) is 30.3 Å². The van der Waals surface area contributed by atoms with Gasteiger partial charge in [-0.15, -0.1) is 11.3 Å². The van der Waals surface area contributed by atoms with E-state index in [1.54, 1.807) is 6.33 Å². The molecule has 6 rings (SSSR count). The van der Waals surface area contributed by atoms with Crippen molar-refractivity contribution in [2.75, 3.05) is 6.54 Å². The highest BCUT2D eigenvalue weighted by Crippen LogP contribution is 2.35. The molecule has 1 aliphatic rings. The fraction of sp³-hybridized carbons (Fsp3) is 0.143. The second kappa shape index (κ2) is 6.25. The molecule has 0 fully saturated rings. The van der Waals surface area contributed by atoms with Crippen molar-refractivity contribution in [1.29, 1.82) is 0 Å². The summed E-state index contributed by atoms with van der Waals surface area (Å²) in [5, 5.41) is 5.23. The lowest BCUT2D eigenvalue weighted by atomic mass is 9.99. The maximum absolute atomic E-state index is 13.5. The molecule has 0 bridgehead atoms. The molecule has 0 spiro atoms. The molecule has 29 heavy (non-hydrogen) atoms. The number of para-hydroxylation sites is 1. The van der Waals surface area contributed by atoms with Gasteiger partial charge in [-0.3, -0.25) is 4.79 Å². The van der Waals surface area contributed by atoms with Gasteiger partial charge in [-0.1, -0.05) is 18.2 Å². The molecule has 1 atom stereocenters. The van der Waals surface area contributed by atoms with Crippen LogP contribution in [0.4, 0.5) is 0 Å². The predicted octanol–water partition coefficient (Wildman–Crippen LogP) is 3.46. The molecule has 5 aromatic rings. The quantitative estimate of drug-likeness (QED) is 0.492. The summed E-state index contributed by atoms with van der Waals surface area (Å²) < 4.78 is 2.84. The molecular formula is C21H16N6OS. The minimum absolute atomic E-state index is 0.0816. The number of rotatable bonds is 2. The van der Waals surface area contributed by atoms with E-state index in [9.17, 15) is 4.79 Å². The Kier molecular flexibility index (Phi) is 3.54. The Morgan fingerprint density at radius 3 is 2.97 bits per heavy atom. The number of H-pyrrole nitrogens is 1. The molecule has 0 aliphatic carbocycles. The topological polar surface area (TPSA) is 79.2 Å². The summed E-state index contributed by atoms with van der Waals surface area (Å²) in [6.07, 6.45) is 4.34. The van der Waals surface area contributed by atoms with E-state index in [1.165, 1.54) is 11.3 Å². The third-order valence-corrected chi connectivity index (χ3v) is 6.36. The SMILES string of the molecule is O=C(c1nc2ccccc2s1)N1CCc2[nH]cnc2C1c1cc2ccccn2n1. The molecule has 142 valence electrons. The number of imidazole rings is 1. The Balaban J connectivity index is 1.47. The maximum Gasteiger partial charge on any atom is 0.283 e. The Labute approximate surface area is 169 Å². The van der Waals surface area contributed by atoms with Crippen molar-refractivity contribution in [3.63, 3.8) is 0 Å². The van der Waals surface area contributed by atoms with E-state index in [0.717, 1.165) is 39.2 Å². The number of carbonyl (C=O) groups is 1. The van der Waals surface area contributed by atoms with Crippen LogP contribution in [0.3, 0.4) is 0 Å². The second-order valence-electron chi connectivity index (χ2n) is 7.04. The summed E-state index contributed by atoms with van der Waals surface area (Å²) in [6, 6.07) is 15.4. The molecule has 0 radical (unpaired) electrons. The molecule has 1 aromatic carbocycles. The highest BCUT2D eigenvalue weighted by molar-refractivity contribution is 7.20. The average Bonchev–Trinajstić information content (AvgIpc) is 3.49. The lowest BCUT2D eigenvalue weighted by molar-refractivity contribution is 0.0687. The fourth-order valence-electron chi connectivity index (χ4n) is 3.97. The van der Waals surface area contributed by atoms with Gasteiger partial charge in [0, 0.05) is 24.9 Å². The Bertz CT molecular complexity index is 1300. The molecule has 0 saturated heterocycles. The number of aromatic amines is 1. The van der Waals surface area contributed by atoms with Crippen LogP contribution in [0.25, 0.3) is 15.7 Å². The summed E-state index contributed by atoms with van der Waals surface area (Å²) in [4.78, 5) is 27.7. The minimum Gasteiger partial charge on any atom is -0.348 e. The zero-order valence-electron chi connectivity index (χ0n) is 15.3. The number of nitrogens with zero attached hydrogens (tertiary/aromatic N) is 5. The molecular weight excluding hydrogens is 384 g/mol. The van der Waals surface area contributed by atoms with Crippen LogP contribution >= 0.6 is 11.3 Å². The fourth-order valence-corrected chi connectivity index (χ4v) is 4.89. The van der Waals surface area contributed by atoms with Crippen molar-refractivity contribution in [2.24, 2.45) is 0 Å². The number of nitrogens with one attached hydrogen (secondary N) is 1. The first-order valence-corrected chi connectivity index (χ1v) is 10.2. The lowest BCUT2D eigenvalue weighted by Crippen LogP contribution is -2.41. The number of thiazole rings is 1. The van der Waals surface area contributed by atoms with Crippen molar-refractivity contribution in [2.45, 2.75) is 12.5 Å². The van der Waals surface area contributed by atoms with Crippen LogP contribution in [0.1, 0.15) is 32.9 Å². The van der Waals surface area contributed by atoms with Crippen molar-refractivity contribution in [3.05, 3.63) is 83.1 Å². The molecule has 8 heteroatoms. The zero-order chi connectivity index (χ0) is 19.4. The van der Waals surface area contributed by atoms with Crippen LogP contribution in [-0.2, 0) is 6.42 Å². The third kappa shape index (κ3) is 2.56. The van der Waals surface area contributed by atoms with E-state index in [0.29, 0.717) is 11.6 Å². The van der Waals surface area contributed by atoms with Crippen LogP contribution in [0.5, 0.6) is 0 Å². The predicted molar refractivity (Wildman–Crippen MR) is 110 cm³/mol. The van der Waals surface area contributed by atoms with Gasteiger partial charge in [0.2, 0.25) is 0 Å². The standard InChI is InChI=1S/C21H16N6OS/c28-21(20-24-14-6-1-2-7-17(14)29-20)26-10-8-15-18(23-12-22-15)19(26)16-11-13-5-3-4-9-27(13)25-16/h1-7,9,11-12,19H,8,10H2,(H,22,23). The Morgan fingerprint density at radius 1 is 1.17 bits per heavy atom. The van der Waals surface area contributed by atoms with Crippen molar-refractivity contribution in [3.8, 4) is 0 Å². The number of carbonyl (C=O) groups excluding carboxylic acids is 1.